The summed E-state index contributed by atoms with van der Waals surface area (Å²) in [5, 5.41) is 16.3. The summed E-state index contributed by atoms with van der Waals surface area (Å²) in [4.78, 5) is 0. The van der Waals surface area contributed by atoms with Crippen LogP contribution in [0.2, 0.25) is 0 Å². The molecule has 0 aliphatic carbocycles. The lowest BCUT2D eigenvalue weighted by Gasteiger charge is -2.00. The number of aryl methyl sites for hydroxylation is 1. The maximum Gasteiger partial charge on any atom is 0.108 e. The van der Waals surface area contributed by atoms with E-state index in [-0.39, 0.29) is 6.61 Å². The molecule has 0 amide bonds. The molecule has 1 aromatic heterocycles. The van der Waals surface area contributed by atoms with E-state index < -0.39 is 0 Å². The molecular weight excluding hydrogens is 170 g/mol. The van der Waals surface area contributed by atoms with Crippen molar-refractivity contribution in [1.29, 1.82) is 0 Å². The maximum absolute atomic E-state index is 8.72. The zero-order chi connectivity index (χ0) is 9.52. The molecule has 0 aliphatic rings. The van der Waals surface area contributed by atoms with Crippen LogP contribution in [0.15, 0.2) is 6.20 Å². The van der Waals surface area contributed by atoms with Crippen molar-refractivity contribution in [1.82, 2.24) is 15.0 Å². The highest BCUT2D eigenvalue weighted by atomic mass is 16.5. The molecule has 0 radical (unpaired) electrons. The standard InChI is InChI=1S/C8H15N3O2/c1-2-13-5-3-4-11-6-8(7-12)9-10-11/h6,12H,2-5,7H2,1H3. The normalized spacial score (nSPS) is 10.6. The average Bonchev–Trinajstić information content (AvgIpc) is 2.60. The zero-order valence-corrected chi connectivity index (χ0v) is 7.81. The Bertz CT molecular complexity index is 237. The monoisotopic (exact) mass is 185 g/mol. The van der Waals surface area contributed by atoms with Crippen molar-refractivity contribution >= 4 is 0 Å². The molecule has 13 heavy (non-hydrogen) atoms. The SMILES string of the molecule is CCOCCCn1cc(CO)nn1. The summed E-state index contributed by atoms with van der Waals surface area (Å²) in [6.45, 7) is 4.20. The number of ether oxygens (including phenoxy) is 1. The lowest BCUT2D eigenvalue weighted by molar-refractivity contribution is 0.140. The summed E-state index contributed by atoms with van der Waals surface area (Å²) in [5.41, 5.74) is 0.608. The van der Waals surface area contributed by atoms with Crippen LogP contribution in [0.3, 0.4) is 0 Å². The van der Waals surface area contributed by atoms with Gasteiger partial charge in [-0.1, -0.05) is 5.21 Å². The predicted octanol–water partition coefficient (Wildman–Crippen LogP) is 0.197. The Labute approximate surface area is 77.3 Å². The fraction of sp³-hybridized carbons (Fsp3) is 0.750. The minimum absolute atomic E-state index is 0.0501. The van der Waals surface area contributed by atoms with Gasteiger partial charge in [-0.3, -0.25) is 4.68 Å². The summed E-state index contributed by atoms with van der Waals surface area (Å²) < 4.78 is 6.89. The van der Waals surface area contributed by atoms with Crippen molar-refractivity contribution in [2.75, 3.05) is 13.2 Å². The van der Waals surface area contributed by atoms with Crippen LogP contribution in [0, 0.1) is 0 Å². The van der Waals surface area contributed by atoms with Crippen molar-refractivity contribution in [2.45, 2.75) is 26.5 Å². The summed E-state index contributed by atoms with van der Waals surface area (Å²) in [5.74, 6) is 0. The molecule has 5 heteroatoms. The second kappa shape index (κ2) is 5.66. The van der Waals surface area contributed by atoms with E-state index in [1.807, 2.05) is 6.92 Å². The van der Waals surface area contributed by atoms with E-state index in [2.05, 4.69) is 10.3 Å². The van der Waals surface area contributed by atoms with Gasteiger partial charge in [0.2, 0.25) is 0 Å². The van der Waals surface area contributed by atoms with Gasteiger partial charge < -0.3 is 9.84 Å². The van der Waals surface area contributed by atoms with Gasteiger partial charge in [-0.15, -0.1) is 5.10 Å². The topological polar surface area (TPSA) is 60.2 Å². The zero-order valence-electron chi connectivity index (χ0n) is 7.81. The Morgan fingerprint density at radius 1 is 1.62 bits per heavy atom. The molecule has 74 valence electrons. The first-order valence-electron chi connectivity index (χ1n) is 4.44. The van der Waals surface area contributed by atoms with Gasteiger partial charge in [0.25, 0.3) is 0 Å². The van der Waals surface area contributed by atoms with Gasteiger partial charge >= 0.3 is 0 Å². The molecule has 0 aliphatic heterocycles. The van der Waals surface area contributed by atoms with E-state index in [9.17, 15) is 0 Å². The number of rotatable bonds is 6. The van der Waals surface area contributed by atoms with Gasteiger partial charge in [0.1, 0.15) is 5.69 Å². The van der Waals surface area contributed by atoms with Gasteiger partial charge in [0, 0.05) is 19.8 Å². The molecule has 0 unspecified atom stereocenters. The van der Waals surface area contributed by atoms with Gasteiger partial charge in [-0.2, -0.15) is 0 Å². The second-order valence-corrected chi connectivity index (χ2v) is 2.68. The molecule has 0 atom stereocenters. The van der Waals surface area contributed by atoms with Crippen LogP contribution in [0.25, 0.3) is 0 Å². The van der Waals surface area contributed by atoms with Crippen LogP contribution in [0.1, 0.15) is 19.0 Å². The van der Waals surface area contributed by atoms with E-state index in [1.54, 1.807) is 10.9 Å². The Morgan fingerprint density at radius 3 is 3.08 bits per heavy atom. The van der Waals surface area contributed by atoms with Crippen molar-refractivity contribution in [3.8, 4) is 0 Å². The van der Waals surface area contributed by atoms with Crippen LogP contribution in [0.4, 0.5) is 0 Å². The molecule has 1 rings (SSSR count). The second-order valence-electron chi connectivity index (χ2n) is 2.68. The molecule has 0 bridgehead atoms. The summed E-state index contributed by atoms with van der Waals surface area (Å²) in [6.07, 6.45) is 2.66. The highest BCUT2D eigenvalue weighted by molar-refractivity contribution is 4.88. The van der Waals surface area contributed by atoms with Gasteiger partial charge in [-0.25, -0.2) is 0 Å². The van der Waals surface area contributed by atoms with Gasteiger partial charge in [0.15, 0.2) is 0 Å². The molecule has 0 aromatic carbocycles. The molecule has 1 aromatic rings. The number of aliphatic hydroxyl groups is 1. The van der Waals surface area contributed by atoms with Crippen LogP contribution in [-0.4, -0.2) is 33.3 Å². The Hall–Kier alpha value is -0.940. The number of hydrogen-bond donors (Lipinski definition) is 1. The van der Waals surface area contributed by atoms with Gasteiger partial charge in [0.05, 0.1) is 12.8 Å². The molecule has 0 saturated heterocycles. The van der Waals surface area contributed by atoms with Crippen molar-refractivity contribution in [2.24, 2.45) is 0 Å². The molecule has 0 fully saturated rings. The summed E-state index contributed by atoms with van der Waals surface area (Å²) >= 11 is 0. The lowest BCUT2D eigenvalue weighted by atomic mass is 10.4. The minimum Gasteiger partial charge on any atom is -0.390 e. The van der Waals surface area contributed by atoms with Crippen molar-refractivity contribution < 1.29 is 9.84 Å². The third-order valence-corrected chi connectivity index (χ3v) is 1.63. The van der Waals surface area contributed by atoms with Crippen LogP contribution < -0.4 is 0 Å². The number of nitrogens with zero attached hydrogens (tertiary/aromatic N) is 3. The van der Waals surface area contributed by atoms with E-state index in [0.717, 1.165) is 26.2 Å². The van der Waals surface area contributed by atoms with Crippen LogP contribution in [-0.2, 0) is 17.9 Å². The number of hydrogen-bond acceptors (Lipinski definition) is 4. The predicted molar refractivity (Wildman–Crippen MR) is 47.1 cm³/mol. The highest BCUT2D eigenvalue weighted by Crippen LogP contribution is 1.94. The Kier molecular flexibility index (Phi) is 4.42. The van der Waals surface area contributed by atoms with E-state index in [4.69, 9.17) is 9.84 Å². The Morgan fingerprint density at radius 2 is 2.46 bits per heavy atom. The number of aliphatic hydroxyl groups excluding tert-OH is 1. The number of aromatic nitrogens is 3. The summed E-state index contributed by atoms with van der Waals surface area (Å²) in [7, 11) is 0. The van der Waals surface area contributed by atoms with E-state index in [0.29, 0.717) is 5.69 Å². The van der Waals surface area contributed by atoms with Crippen LogP contribution >= 0.6 is 0 Å². The summed E-state index contributed by atoms with van der Waals surface area (Å²) in [6, 6.07) is 0. The van der Waals surface area contributed by atoms with Crippen molar-refractivity contribution in [3.05, 3.63) is 11.9 Å². The molecule has 0 spiro atoms. The lowest BCUT2D eigenvalue weighted by Crippen LogP contribution is -2.03. The third-order valence-electron chi connectivity index (χ3n) is 1.63. The first-order chi connectivity index (χ1) is 6.36. The molecule has 0 saturated carbocycles. The quantitative estimate of drug-likeness (QED) is 0.643. The molecule has 5 nitrogen and oxygen atoms in total. The minimum atomic E-state index is -0.0501. The first kappa shape index (κ1) is 10.1. The molecule has 1 N–H and O–H groups in total. The van der Waals surface area contributed by atoms with Crippen LogP contribution in [0.5, 0.6) is 0 Å². The molecule has 1 heterocycles. The smallest absolute Gasteiger partial charge is 0.108 e. The Balaban J connectivity index is 2.20. The van der Waals surface area contributed by atoms with Gasteiger partial charge in [-0.05, 0) is 13.3 Å². The fourth-order valence-electron chi connectivity index (χ4n) is 0.993. The average molecular weight is 185 g/mol. The fourth-order valence-corrected chi connectivity index (χ4v) is 0.993. The third kappa shape index (κ3) is 3.52. The largest absolute Gasteiger partial charge is 0.390 e. The maximum atomic E-state index is 8.72. The van der Waals surface area contributed by atoms with Crippen molar-refractivity contribution in [3.63, 3.8) is 0 Å². The first-order valence-corrected chi connectivity index (χ1v) is 4.44. The molecular formula is C8H15N3O2. The van der Waals surface area contributed by atoms with E-state index in [1.165, 1.54) is 0 Å². The highest BCUT2D eigenvalue weighted by Gasteiger charge is 1.97. The van der Waals surface area contributed by atoms with E-state index >= 15 is 0 Å².